The summed E-state index contributed by atoms with van der Waals surface area (Å²) in [5, 5.41) is 1.18. The topological polar surface area (TPSA) is 106 Å². The zero-order valence-electron chi connectivity index (χ0n) is 23.4. The van der Waals surface area contributed by atoms with Crippen LogP contribution in [0.25, 0.3) is 0 Å². The quantitative estimate of drug-likeness (QED) is 0.174. The van der Waals surface area contributed by atoms with Crippen molar-refractivity contribution in [1.82, 2.24) is 0 Å². The Morgan fingerprint density at radius 2 is 0.953 bits per heavy atom. The van der Waals surface area contributed by atoms with Gasteiger partial charge in [-0.05, 0) is 104 Å². The summed E-state index contributed by atoms with van der Waals surface area (Å²) in [6, 6.07) is 19.7. The number of nitrogen functional groups attached to an aromatic ring is 3. The summed E-state index contributed by atoms with van der Waals surface area (Å²) in [7, 11) is 0. The average molecular weight is 637 g/mol. The first-order valence-corrected chi connectivity index (χ1v) is 15.7. The number of benzene rings is 4. The Balaban J connectivity index is 1.41. The van der Waals surface area contributed by atoms with Gasteiger partial charge in [-0.1, -0.05) is 40.9 Å². The molecule has 4 fully saturated rings. The Labute approximate surface area is 266 Å². The molecule has 0 radical (unpaired) electrons. The standard InChI is InChI=1S/C34H32Cl3N3O3/c35-25-12-21(1-5-28(25)38)41-31-8-4-24(34-15-18-9-19(16-34)11-20(10-18)17-34)32(42-22-2-6-29(39)26(36)13-22)33(31)43-23-3-7-30(40)27(37)14-23/h1-8,12-14,18-20H,9-11,15-17,38-40H2. The third kappa shape index (κ3) is 5.41. The van der Waals surface area contributed by atoms with Crippen LogP contribution in [0.4, 0.5) is 17.1 Å². The first kappa shape index (κ1) is 28.3. The predicted octanol–water partition coefficient (Wildman–Crippen LogP) is 10.2. The minimum atomic E-state index is -0.0262. The molecule has 0 atom stereocenters. The van der Waals surface area contributed by atoms with Crippen molar-refractivity contribution < 1.29 is 14.2 Å². The normalized spacial score (nSPS) is 23.7. The molecule has 43 heavy (non-hydrogen) atoms. The number of rotatable bonds is 7. The molecule has 0 unspecified atom stereocenters. The number of halogens is 3. The van der Waals surface area contributed by atoms with Crippen molar-refractivity contribution in [2.24, 2.45) is 17.8 Å². The Hall–Kier alpha value is -3.45. The molecule has 4 saturated carbocycles. The van der Waals surface area contributed by atoms with E-state index in [1.54, 1.807) is 48.5 Å². The van der Waals surface area contributed by atoms with Crippen molar-refractivity contribution in [3.8, 4) is 34.5 Å². The number of nitrogens with two attached hydrogens (primary N) is 3. The second-order valence-electron chi connectivity index (χ2n) is 12.3. The van der Waals surface area contributed by atoms with Crippen LogP contribution < -0.4 is 31.4 Å². The SMILES string of the molecule is Nc1ccc(Oc2ccc(C34CC5CC(CC(C5)C3)C4)c(Oc3ccc(N)c(Cl)c3)c2Oc2ccc(N)c(Cl)c2)cc1Cl. The van der Waals surface area contributed by atoms with Crippen molar-refractivity contribution in [2.75, 3.05) is 17.2 Å². The van der Waals surface area contributed by atoms with E-state index in [4.69, 9.17) is 66.2 Å². The summed E-state index contributed by atoms with van der Waals surface area (Å²) in [4.78, 5) is 0. The second kappa shape index (κ2) is 10.9. The molecule has 4 aromatic carbocycles. The van der Waals surface area contributed by atoms with Gasteiger partial charge in [-0.15, -0.1) is 0 Å². The lowest BCUT2D eigenvalue weighted by atomic mass is 9.48. The molecule has 4 bridgehead atoms. The van der Waals surface area contributed by atoms with Crippen molar-refractivity contribution in [3.63, 3.8) is 0 Å². The van der Waals surface area contributed by atoms with Gasteiger partial charge in [-0.3, -0.25) is 0 Å². The van der Waals surface area contributed by atoms with Crippen molar-refractivity contribution in [3.05, 3.63) is 87.4 Å². The first-order valence-electron chi connectivity index (χ1n) is 14.5. The van der Waals surface area contributed by atoms with Gasteiger partial charge < -0.3 is 31.4 Å². The summed E-state index contributed by atoms with van der Waals surface area (Å²) in [6.07, 6.45) is 7.32. The third-order valence-electron chi connectivity index (χ3n) is 9.27. The molecule has 6 N–H and O–H groups in total. The molecule has 4 aliphatic rings. The maximum Gasteiger partial charge on any atom is 0.212 e. The van der Waals surface area contributed by atoms with Gasteiger partial charge in [0.25, 0.3) is 0 Å². The molecule has 0 saturated heterocycles. The molecule has 8 rings (SSSR count). The van der Waals surface area contributed by atoms with Crippen LogP contribution in [0.1, 0.15) is 44.1 Å². The molecule has 0 amide bonds. The number of ether oxygens (including phenoxy) is 3. The summed E-state index contributed by atoms with van der Waals surface area (Å²) in [6.45, 7) is 0. The maximum atomic E-state index is 6.76. The van der Waals surface area contributed by atoms with Gasteiger partial charge in [0, 0.05) is 23.8 Å². The molecular formula is C34H32Cl3N3O3. The lowest BCUT2D eigenvalue weighted by molar-refractivity contribution is -0.00610. The van der Waals surface area contributed by atoms with E-state index in [9.17, 15) is 0 Å². The highest BCUT2D eigenvalue weighted by molar-refractivity contribution is 6.33. The molecule has 0 aromatic heterocycles. The zero-order valence-corrected chi connectivity index (χ0v) is 25.7. The molecule has 6 nitrogen and oxygen atoms in total. The smallest absolute Gasteiger partial charge is 0.212 e. The van der Waals surface area contributed by atoms with Gasteiger partial charge in [0.1, 0.15) is 17.2 Å². The van der Waals surface area contributed by atoms with Crippen molar-refractivity contribution in [1.29, 1.82) is 0 Å². The number of hydrogen-bond acceptors (Lipinski definition) is 6. The Kier molecular flexibility index (Phi) is 7.19. The summed E-state index contributed by atoms with van der Waals surface area (Å²) >= 11 is 19.2. The lowest BCUT2D eigenvalue weighted by Gasteiger charge is -2.57. The minimum absolute atomic E-state index is 0.0262. The van der Waals surface area contributed by atoms with E-state index in [2.05, 4.69) is 6.07 Å². The molecule has 0 spiro atoms. The van der Waals surface area contributed by atoms with Crippen molar-refractivity contribution >= 4 is 51.9 Å². The highest BCUT2D eigenvalue weighted by Crippen LogP contribution is 2.64. The molecule has 4 aromatic rings. The Bertz CT molecular complexity index is 1690. The van der Waals surface area contributed by atoms with Crippen LogP contribution in [0.3, 0.4) is 0 Å². The third-order valence-corrected chi connectivity index (χ3v) is 10.3. The van der Waals surface area contributed by atoms with E-state index < -0.39 is 0 Å². The zero-order chi connectivity index (χ0) is 29.9. The fourth-order valence-corrected chi connectivity index (χ4v) is 8.27. The second-order valence-corrected chi connectivity index (χ2v) is 13.5. The van der Waals surface area contributed by atoms with E-state index in [0.717, 1.165) is 42.6 Å². The number of anilines is 3. The fraction of sp³-hybridized carbons (Fsp3) is 0.294. The van der Waals surface area contributed by atoms with Crippen LogP contribution in [0.2, 0.25) is 15.1 Å². The van der Waals surface area contributed by atoms with Gasteiger partial charge in [0.2, 0.25) is 5.75 Å². The largest absolute Gasteiger partial charge is 0.453 e. The van der Waals surface area contributed by atoms with E-state index in [0.29, 0.717) is 66.6 Å². The van der Waals surface area contributed by atoms with Crippen LogP contribution in [0, 0.1) is 17.8 Å². The van der Waals surface area contributed by atoms with Gasteiger partial charge in [-0.25, -0.2) is 0 Å². The summed E-state index contributed by atoms with van der Waals surface area (Å²) in [5.74, 6) is 5.13. The van der Waals surface area contributed by atoms with E-state index in [1.165, 1.54) is 19.3 Å². The van der Waals surface area contributed by atoms with E-state index in [1.807, 2.05) is 12.1 Å². The highest BCUT2D eigenvalue weighted by Gasteiger charge is 2.53. The lowest BCUT2D eigenvalue weighted by Crippen LogP contribution is -2.48. The maximum absolute atomic E-state index is 6.76. The molecule has 4 aliphatic carbocycles. The van der Waals surface area contributed by atoms with E-state index in [-0.39, 0.29) is 5.41 Å². The molecule has 222 valence electrons. The van der Waals surface area contributed by atoms with Crippen LogP contribution >= 0.6 is 34.8 Å². The van der Waals surface area contributed by atoms with Gasteiger partial charge >= 0.3 is 0 Å². The first-order chi connectivity index (χ1) is 20.7. The molecule has 0 aliphatic heterocycles. The van der Waals surface area contributed by atoms with Crippen LogP contribution in [-0.4, -0.2) is 0 Å². The highest BCUT2D eigenvalue weighted by atomic mass is 35.5. The monoisotopic (exact) mass is 635 g/mol. The number of hydrogen-bond donors (Lipinski definition) is 3. The van der Waals surface area contributed by atoms with Gasteiger partial charge in [0.15, 0.2) is 11.5 Å². The predicted molar refractivity (Wildman–Crippen MR) is 174 cm³/mol. The summed E-state index contributed by atoms with van der Waals surface area (Å²) in [5.41, 5.74) is 20.5. The minimum Gasteiger partial charge on any atom is -0.453 e. The molecular weight excluding hydrogens is 605 g/mol. The van der Waals surface area contributed by atoms with Gasteiger partial charge in [-0.2, -0.15) is 0 Å². The fourth-order valence-electron chi connectivity index (χ4n) is 7.76. The Morgan fingerprint density at radius 3 is 1.40 bits per heavy atom. The van der Waals surface area contributed by atoms with Crippen LogP contribution in [-0.2, 0) is 5.41 Å². The Morgan fingerprint density at radius 1 is 0.535 bits per heavy atom. The summed E-state index contributed by atoms with van der Waals surface area (Å²) < 4.78 is 19.8. The van der Waals surface area contributed by atoms with E-state index >= 15 is 0 Å². The average Bonchev–Trinajstić information content (AvgIpc) is 2.95. The molecule has 9 heteroatoms. The molecule has 0 heterocycles. The van der Waals surface area contributed by atoms with Crippen molar-refractivity contribution in [2.45, 2.75) is 43.9 Å². The van der Waals surface area contributed by atoms with Crippen LogP contribution in [0.15, 0.2) is 66.7 Å². The van der Waals surface area contributed by atoms with Gasteiger partial charge in [0.05, 0.1) is 32.1 Å². The van der Waals surface area contributed by atoms with Crippen LogP contribution in [0.5, 0.6) is 34.5 Å².